The minimum absolute atomic E-state index is 0.127. The Labute approximate surface area is 101 Å². The van der Waals surface area contributed by atoms with Gasteiger partial charge in [0, 0.05) is 30.9 Å². The van der Waals surface area contributed by atoms with Crippen LogP contribution in [0.3, 0.4) is 0 Å². The summed E-state index contributed by atoms with van der Waals surface area (Å²) in [7, 11) is 0. The van der Waals surface area contributed by atoms with Gasteiger partial charge in [-0.3, -0.25) is 0 Å². The third kappa shape index (κ3) is 3.68. The normalized spacial score (nSPS) is 12.5. The summed E-state index contributed by atoms with van der Waals surface area (Å²) >= 11 is 0. The van der Waals surface area contributed by atoms with Crippen LogP contribution in [-0.4, -0.2) is 29.9 Å². The summed E-state index contributed by atoms with van der Waals surface area (Å²) in [5, 5.41) is 18.5. The van der Waals surface area contributed by atoms with Crippen LogP contribution < -0.4 is 4.90 Å². The second-order valence-electron chi connectivity index (χ2n) is 4.04. The van der Waals surface area contributed by atoms with Crippen LogP contribution in [0.5, 0.6) is 0 Å². The molecule has 0 bridgehead atoms. The second kappa shape index (κ2) is 6.57. The first-order chi connectivity index (χ1) is 8.10. The van der Waals surface area contributed by atoms with Crippen molar-refractivity contribution >= 4 is 5.69 Å². The molecule has 1 unspecified atom stereocenters. The van der Waals surface area contributed by atoms with E-state index >= 15 is 0 Å². The number of rotatable bonds is 6. The largest absolute Gasteiger partial charge is 0.396 e. The van der Waals surface area contributed by atoms with Gasteiger partial charge in [0.2, 0.25) is 0 Å². The topological polar surface area (TPSA) is 43.7 Å². The highest BCUT2D eigenvalue weighted by Gasteiger charge is 2.14. The minimum atomic E-state index is -0.705. The van der Waals surface area contributed by atoms with E-state index in [2.05, 4.69) is 0 Å². The fourth-order valence-corrected chi connectivity index (χ4v) is 1.86. The highest BCUT2D eigenvalue weighted by atomic mass is 19.1. The molecule has 0 aliphatic rings. The molecule has 0 aromatic heterocycles. The summed E-state index contributed by atoms with van der Waals surface area (Å²) in [6.07, 6.45) is -0.0475. The molecule has 0 radical (unpaired) electrons. The van der Waals surface area contributed by atoms with Gasteiger partial charge >= 0.3 is 0 Å². The van der Waals surface area contributed by atoms with Gasteiger partial charge in [-0.25, -0.2) is 4.39 Å². The van der Waals surface area contributed by atoms with Gasteiger partial charge < -0.3 is 15.1 Å². The lowest BCUT2D eigenvalue weighted by Gasteiger charge is -2.26. The highest BCUT2D eigenvalue weighted by molar-refractivity contribution is 5.54. The van der Waals surface area contributed by atoms with Gasteiger partial charge in [-0.1, -0.05) is 0 Å². The molecule has 2 N–H and O–H groups in total. The molecule has 1 aromatic carbocycles. The first-order valence-electron chi connectivity index (χ1n) is 5.93. The van der Waals surface area contributed by atoms with Crippen LogP contribution in [0.15, 0.2) is 18.2 Å². The van der Waals surface area contributed by atoms with E-state index in [0.29, 0.717) is 18.5 Å². The van der Waals surface area contributed by atoms with Gasteiger partial charge in [0.15, 0.2) is 0 Å². The van der Waals surface area contributed by atoms with E-state index in [4.69, 9.17) is 5.11 Å². The van der Waals surface area contributed by atoms with Gasteiger partial charge in [0.1, 0.15) is 5.82 Å². The summed E-state index contributed by atoms with van der Waals surface area (Å²) in [5.41, 5.74) is 1.42. The number of anilines is 1. The molecule has 0 fully saturated rings. The summed E-state index contributed by atoms with van der Waals surface area (Å²) < 4.78 is 13.2. The molecule has 96 valence electrons. The summed E-state index contributed by atoms with van der Waals surface area (Å²) in [5.74, 6) is -0.345. The van der Waals surface area contributed by atoms with Gasteiger partial charge in [-0.15, -0.1) is 0 Å². The molecule has 17 heavy (non-hydrogen) atoms. The van der Waals surface area contributed by atoms with Crippen molar-refractivity contribution in [2.75, 3.05) is 24.6 Å². The number of aliphatic hydroxyl groups is 2. The van der Waals surface area contributed by atoms with Crippen LogP contribution in [0.25, 0.3) is 0 Å². The Morgan fingerprint density at radius 2 is 2.12 bits per heavy atom. The Hall–Kier alpha value is -1.13. The molecule has 1 atom stereocenters. The van der Waals surface area contributed by atoms with Crippen LogP contribution in [0.2, 0.25) is 0 Å². The fraction of sp³-hybridized carbons (Fsp3) is 0.538. The standard InChI is InChI=1S/C13H20FNO2/c1-3-15(7-4-8-16)13-6-5-11(14)9-12(13)10(2)17/h5-6,9-10,16-17H,3-4,7-8H2,1-2H3. The van der Waals surface area contributed by atoms with E-state index in [1.807, 2.05) is 11.8 Å². The van der Waals surface area contributed by atoms with Crippen LogP contribution in [0.4, 0.5) is 10.1 Å². The molecule has 0 saturated carbocycles. The van der Waals surface area contributed by atoms with Crippen molar-refractivity contribution in [2.24, 2.45) is 0 Å². The molecule has 1 aromatic rings. The molecule has 3 nitrogen and oxygen atoms in total. The lowest BCUT2D eigenvalue weighted by Crippen LogP contribution is -2.26. The lowest BCUT2D eigenvalue weighted by molar-refractivity contribution is 0.199. The minimum Gasteiger partial charge on any atom is -0.396 e. The van der Waals surface area contributed by atoms with E-state index in [9.17, 15) is 9.50 Å². The zero-order valence-electron chi connectivity index (χ0n) is 10.4. The van der Waals surface area contributed by atoms with Crippen molar-refractivity contribution in [3.05, 3.63) is 29.6 Å². The first-order valence-corrected chi connectivity index (χ1v) is 5.93. The van der Waals surface area contributed by atoms with Crippen LogP contribution in [-0.2, 0) is 0 Å². The maximum Gasteiger partial charge on any atom is 0.123 e. The van der Waals surface area contributed by atoms with Crippen LogP contribution in [0, 0.1) is 5.82 Å². The third-order valence-electron chi connectivity index (χ3n) is 2.75. The van der Waals surface area contributed by atoms with Crippen molar-refractivity contribution in [1.29, 1.82) is 0 Å². The molecule has 0 aliphatic carbocycles. The van der Waals surface area contributed by atoms with Gasteiger partial charge in [-0.2, -0.15) is 0 Å². The Kier molecular flexibility index (Phi) is 5.38. The fourth-order valence-electron chi connectivity index (χ4n) is 1.86. The van der Waals surface area contributed by atoms with Gasteiger partial charge in [0.05, 0.1) is 6.10 Å². The number of aliphatic hydroxyl groups excluding tert-OH is 2. The average molecular weight is 241 g/mol. The smallest absolute Gasteiger partial charge is 0.123 e. The molecule has 1 rings (SSSR count). The molecule has 0 amide bonds. The Morgan fingerprint density at radius 3 is 2.65 bits per heavy atom. The number of benzene rings is 1. The number of hydrogen-bond donors (Lipinski definition) is 2. The first kappa shape index (κ1) is 13.9. The molecule has 0 aliphatic heterocycles. The predicted molar refractivity (Wildman–Crippen MR) is 66.6 cm³/mol. The quantitative estimate of drug-likeness (QED) is 0.801. The maximum absolute atomic E-state index is 13.2. The van der Waals surface area contributed by atoms with Gasteiger partial charge in [-0.05, 0) is 38.5 Å². The van der Waals surface area contributed by atoms with E-state index < -0.39 is 6.10 Å². The van der Waals surface area contributed by atoms with E-state index in [1.165, 1.54) is 12.1 Å². The zero-order chi connectivity index (χ0) is 12.8. The third-order valence-corrected chi connectivity index (χ3v) is 2.75. The maximum atomic E-state index is 13.2. The SMILES string of the molecule is CCN(CCCO)c1ccc(F)cc1C(C)O. The van der Waals surface area contributed by atoms with Crippen molar-refractivity contribution in [1.82, 2.24) is 0 Å². The van der Waals surface area contributed by atoms with Gasteiger partial charge in [0.25, 0.3) is 0 Å². The molecule has 0 saturated heterocycles. The van der Waals surface area contributed by atoms with Crippen molar-refractivity contribution in [3.8, 4) is 0 Å². The summed E-state index contributed by atoms with van der Waals surface area (Å²) in [6.45, 7) is 5.19. The van der Waals surface area contributed by atoms with E-state index in [1.54, 1.807) is 13.0 Å². The van der Waals surface area contributed by atoms with Crippen LogP contribution >= 0.6 is 0 Å². The monoisotopic (exact) mass is 241 g/mol. The van der Waals surface area contributed by atoms with E-state index in [0.717, 1.165) is 12.2 Å². The average Bonchev–Trinajstić information content (AvgIpc) is 2.31. The van der Waals surface area contributed by atoms with Crippen molar-refractivity contribution in [2.45, 2.75) is 26.4 Å². The Bertz CT molecular complexity index is 355. The molecule has 4 heteroatoms. The van der Waals surface area contributed by atoms with Crippen molar-refractivity contribution in [3.63, 3.8) is 0 Å². The lowest BCUT2D eigenvalue weighted by atomic mass is 10.1. The number of nitrogens with zero attached hydrogens (tertiary/aromatic N) is 1. The molecule has 0 spiro atoms. The number of hydrogen-bond acceptors (Lipinski definition) is 3. The van der Waals surface area contributed by atoms with Crippen molar-refractivity contribution < 1.29 is 14.6 Å². The second-order valence-corrected chi connectivity index (χ2v) is 4.04. The molecular formula is C13H20FNO2. The molecular weight excluding hydrogens is 221 g/mol. The van der Waals surface area contributed by atoms with E-state index in [-0.39, 0.29) is 12.4 Å². The highest BCUT2D eigenvalue weighted by Crippen LogP contribution is 2.27. The Balaban J connectivity index is 3.00. The molecule has 0 heterocycles. The zero-order valence-corrected chi connectivity index (χ0v) is 10.4. The summed E-state index contributed by atoms with van der Waals surface area (Å²) in [6, 6.07) is 4.43. The van der Waals surface area contributed by atoms with Crippen LogP contribution in [0.1, 0.15) is 31.9 Å². The Morgan fingerprint density at radius 1 is 1.41 bits per heavy atom. The summed E-state index contributed by atoms with van der Waals surface area (Å²) in [4.78, 5) is 2.03. The number of halogens is 1. The predicted octanol–water partition coefficient (Wildman–Crippen LogP) is 2.09.